The molecule has 0 aliphatic carbocycles. The van der Waals surface area contributed by atoms with E-state index in [0.717, 1.165) is 8.66 Å². The van der Waals surface area contributed by atoms with E-state index in [4.69, 9.17) is 0 Å². The molecule has 0 radical (unpaired) electrons. The van der Waals surface area contributed by atoms with Crippen LogP contribution in [0.15, 0.2) is 33.4 Å². The number of thiophene rings is 2. The van der Waals surface area contributed by atoms with Gasteiger partial charge in [-0.1, -0.05) is 6.07 Å². The minimum Gasteiger partial charge on any atom is -0.469 e. The van der Waals surface area contributed by atoms with Crippen LogP contribution in [0.1, 0.15) is 27.0 Å². The van der Waals surface area contributed by atoms with Crippen LogP contribution in [0, 0.1) is 0 Å². The Morgan fingerprint density at radius 1 is 1.40 bits per heavy atom. The van der Waals surface area contributed by atoms with Crippen molar-refractivity contribution < 1.29 is 14.3 Å². The van der Waals surface area contributed by atoms with Gasteiger partial charge in [-0.05, 0) is 39.5 Å². The lowest BCUT2D eigenvalue weighted by Gasteiger charge is -2.15. The molecule has 0 aromatic carbocycles. The highest BCUT2D eigenvalue weighted by Gasteiger charge is 2.21. The number of rotatable bonds is 5. The lowest BCUT2D eigenvalue weighted by atomic mass is 10.1. The lowest BCUT2D eigenvalue weighted by Crippen LogP contribution is -2.29. The first kappa shape index (κ1) is 15.2. The summed E-state index contributed by atoms with van der Waals surface area (Å²) in [6.07, 6.45) is 0.120. The van der Waals surface area contributed by atoms with E-state index in [9.17, 15) is 9.59 Å². The van der Waals surface area contributed by atoms with Crippen molar-refractivity contribution in [2.24, 2.45) is 0 Å². The second-order valence-electron chi connectivity index (χ2n) is 3.93. The first-order valence-electron chi connectivity index (χ1n) is 5.76. The zero-order chi connectivity index (χ0) is 14.5. The van der Waals surface area contributed by atoms with Crippen LogP contribution in [0.25, 0.3) is 0 Å². The van der Waals surface area contributed by atoms with Gasteiger partial charge in [-0.15, -0.1) is 22.7 Å². The van der Waals surface area contributed by atoms with Gasteiger partial charge in [0.15, 0.2) is 0 Å². The van der Waals surface area contributed by atoms with Crippen molar-refractivity contribution in [3.63, 3.8) is 0 Å². The zero-order valence-corrected chi connectivity index (χ0v) is 13.8. The van der Waals surface area contributed by atoms with Gasteiger partial charge in [0.2, 0.25) is 0 Å². The van der Waals surface area contributed by atoms with Crippen LogP contribution in [0.2, 0.25) is 0 Å². The van der Waals surface area contributed by atoms with Gasteiger partial charge < -0.3 is 10.1 Å². The van der Waals surface area contributed by atoms with Gasteiger partial charge in [0.05, 0.1) is 28.2 Å². The van der Waals surface area contributed by atoms with E-state index >= 15 is 0 Å². The van der Waals surface area contributed by atoms with Gasteiger partial charge in [0.25, 0.3) is 5.91 Å². The molecule has 1 N–H and O–H groups in total. The molecule has 106 valence electrons. The fourth-order valence-corrected chi connectivity index (χ4v) is 3.70. The number of methoxy groups -OCH3 is 1. The molecule has 0 aliphatic rings. The fraction of sp³-hybridized carbons (Fsp3) is 0.231. The molecule has 0 bridgehead atoms. The summed E-state index contributed by atoms with van der Waals surface area (Å²) in [6, 6.07) is 6.98. The van der Waals surface area contributed by atoms with Crippen LogP contribution >= 0.6 is 38.6 Å². The maximum atomic E-state index is 12.2. The number of amides is 1. The summed E-state index contributed by atoms with van der Waals surface area (Å²) in [5.41, 5.74) is 0. The van der Waals surface area contributed by atoms with E-state index < -0.39 is 0 Å². The largest absolute Gasteiger partial charge is 0.469 e. The van der Waals surface area contributed by atoms with Crippen LogP contribution in [-0.4, -0.2) is 19.0 Å². The number of carbonyl (C=O) groups is 2. The topological polar surface area (TPSA) is 55.4 Å². The Kier molecular flexibility index (Phi) is 5.33. The maximum absolute atomic E-state index is 12.2. The summed E-state index contributed by atoms with van der Waals surface area (Å²) in [5, 5.41) is 4.78. The van der Waals surface area contributed by atoms with E-state index in [1.54, 1.807) is 6.07 Å². The standard InChI is InChI=1S/C13H12BrNO3S2/c1-18-12(16)7-8(9-3-2-6-19-9)15-13(17)10-4-5-11(14)20-10/h2-6,8H,7H2,1H3,(H,15,17). The normalized spacial score (nSPS) is 11.9. The van der Waals surface area contributed by atoms with E-state index in [1.165, 1.54) is 29.8 Å². The van der Waals surface area contributed by atoms with Crippen LogP contribution < -0.4 is 5.32 Å². The molecule has 2 rings (SSSR count). The quantitative estimate of drug-likeness (QED) is 0.814. The van der Waals surface area contributed by atoms with Crippen molar-refractivity contribution in [3.05, 3.63) is 43.2 Å². The highest BCUT2D eigenvalue weighted by atomic mass is 79.9. The maximum Gasteiger partial charge on any atom is 0.307 e. The Labute approximate surface area is 132 Å². The molecular weight excluding hydrogens is 362 g/mol. The molecule has 0 spiro atoms. The highest BCUT2D eigenvalue weighted by molar-refractivity contribution is 9.11. The molecule has 2 heterocycles. The van der Waals surface area contributed by atoms with E-state index in [2.05, 4.69) is 26.0 Å². The number of carbonyl (C=O) groups excluding carboxylic acids is 2. The van der Waals surface area contributed by atoms with E-state index in [0.29, 0.717) is 4.88 Å². The zero-order valence-electron chi connectivity index (χ0n) is 10.6. The monoisotopic (exact) mass is 373 g/mol. The Morgan fingerprint density at radius 3 is 2.75 bits per heavy atom. The Balaban J connectivity index is 2.11. The summed E-state index contributed by atoms with van der Waals surface area (Å²) >= 11 is 6.17. The van der Waals surface area contributed by atoms with Gasteiger partial charge in [0.1, 0.15) is 0 Å². The van der Waals surface area contributed by atoms with Crippen molar-refractivity contribution in [3.8, 4) is 0 Å². The molecular formula is C13H12BrNO3S2. The van der Waals surface area contributed by atoms with Crippen molar-refractivity contribution in [1.29, 1.82) is 0 Å². The third-order valence-electron chi connectivity index (χ3n) is 2.59. The molecule has 20 heavy (non-hydrogen) atoms. The SMILES string of the molecule is COC(=O)CC(NC(=O)c1ccc(Br)s1)c1cccs1. The van der Waals surface area contributed by atoms with E-state index in [1.807, 2.05) is 23.6 Å². The Hall–Kier alpha value is -1.18. The molecule has 1 amide bonds. The molecule has 1 unspecified atom stereocenters. The summed E-state index contributed by atoms with van der Waals surface area (Å²) in [4.78, 5) is 25.2. The third kappa shape index (κ3) is 3.91. The molecule has 0 saturated carbocycles. The Bertz CT molecular complexity index is 595. The number of halogens is 1. The van der Waals surface area contributed by atoms with Crippen molar-refractivity contribution in [1.82, 2.24) is 5.32 Å². The first-order chi connectivity index (χ1) is 9.60. The smallest absolute Gasteiger partial charge is 0.307 e. The van der Waals surface area contributed by atoms with Gasteiger partial charge in [0, 0.05) is 4.88 Å². The second kappa shape index (κ2) is 7.01. The molecule has 2 aromatic heterocycles. The fourth-order valence-electron chi connectivity index (χ4n) is 1.63. The molecule has 0 saturated heterocycles. The van der Waals surface area contributed by atoms with E-state index in [-0.39, 0.29) is 24.3 Å². The molecule has 0 aliphatic heterocycles. The lowest BCUT2D eigenvalue weighted by molar-refractivity contribution is -0.141. The summed E-state index contributed by atoms with van der Waals surface area (Å²) in [7, 11) is 1.34. The van der Waals surface area contributed by atoms with Gasteiger partial charge in [-0.2, -0.15) is 0 Å². The molecule has 2 aromatic rings. The van der Waals surface area contributed by atoms with Crippen LogP contribution in [0.4, 0.5) is 0 Å². The number of nitrogens with one attached hydrogen (secondary N) is 1. The first-order valence-corrected chi connectivity index (χ1v) is 8.25. The van der Waals surface area contributed by atoms with Gasteiger partial charge in [-0.25, -0.2) is 0 Å². The summed E-state index contributed by atoms with van der Waals surface area (Å²) in [5.74, 6) is -0.543. The minimum atomic E-state index is -0.365. The predicted molar refractivity (Wildman–Crippen MR) is 83.2 cm³/mol. The highest BCUT2D eigenvalue weighted by Crippen LogP contribution is 2.25. The minimum absolute atomic E-state index is 0.120. The average molecular weight is 374 g/mol. The van der Waals surface area contributed by atoms with Crippen LogP contribution in [-0.2, 0) is 9.53 Å². The number of ether oxygens (including phenoxy) is 1. The van der Waals surface area contributed by atoms with Gasteiger partial charge in [-0.3, -0.25) is 9.59 Å². The molecule has 4 nitrogen and oxygen atoms in total. The van der Waals surface area contributed by atoms with Crippen molar-refractivity contribution in [2.45, 2.75) is 12.5 Å². The summed E-state index contributed by atoms with van der Waals surface area (Å²) < 4.78 is 5.57. The number of hydrogen-bond donors (Lipinski definition) is 1. The summed E-state index contributed by atoms with van der Waals surface area (Å²) in [6.45, 7) is 0. The van der Waals surface area contributed by atoms with Crippen molar-refractivity contribution >= 4 is 50.5 Å². The van der Waals surface area contributed by atoms with Crippen molar-refractivity contribution in [2.75, 3.05) is 7.11 Å². The third-order valence-corrected chi connectivity index (χ3v) is 5.20. The number of hydrogen-bond acceptors (Lipinski definition) is 5. The molecule has 7 heteroatoms. The van der Waals surface area contributed by atoms with Crippen LogP contribution in [0.3, 0.4) is 0 Å². The second-order valence-corrected chi connectivity index (χ2v) is 7.37. The number of esters is 1. The average Bonchev–Trinajstić information content (AvgIpc) is 3.08. The predicted octanol–water partition coefficient (Wildman–Crippen LogP) is 3.61. The van der Waals surface area contributed by atoms with Crippen LogP contribution in [0.5, 0.6) is 0 Å². The molecule has 0 fully saturated rings. The van der Waals surface area contributed by atoms with Gasteiger partial charge >= 0.3 is 5.97 Å². The molecule has 1 atom stereocenters. The Morgan fingerprint density at radius 2 is 2.20 bits per heavy atom.